The number of aromatic nitrogens is 2. The number of thioether (sulfide) groups is 1. The Hall–Kier alpha value is -0.590. The SMILES string of the molecule is CC1(c2noc(CON)n2)CCCS1. The fourth-order valence-electron chi connectivity index (χ4n) is 1.56. The van der Waals surface area contributed by atoms with Gasteiger partial charge in [0, 0.05) is 0 Å². The second kappa shape index (κ2) is 3.88. The molecule has 0 amide bonds. The predicted molar refractivity (Wildman–Crippen MR) is 52.3 cm³/mol. The molecule has 2 heterocycles. The summed E-state index contributed by atoms with van der Waals surface area (Å²) in [5.74, 6) is 7.28. The summed E-state index contributed by atoms with van der Waals surface area (Å²) in [4.78, 5) is 8.68. The lowest BCUT2D eigenvalue weighted by Crippen LogP contribution is -2.15. The molecule has 1 aliphatic rings. The molecule has 1 fully saturated rings. The minimum Gasteiger partial charge on any atom is -0.337 e. The minimum absolute atomic E-state index is 0.0103. The number of hydrogen-bond acceptors (Lipinski definition) is 6. The first-order valence-corrected chi connectivity index (χ1v) is 5.52. The van der Waals surface area contributed by atoms with E-state index >= 15 is 0 Å². The van der Waals surface area contributed by atoms with Gasteiger partial charge in [-0.25, -0.2) is 5.90 Å². The van der Waals surface area contributed by atoms with Crippen molar-refractivity contribution in [3.8, 4) is 0 Å². The molecule has 2 rings (SSSR count). The standard InChI is InChI=1S/C8H13N3O2S/c1-8(3-2-4-14-8)7-10-6(5-12-9)13-11-7/h2-5,9H2,1H3. The molecule has 0 radical (unpaired) electrons. The Kier molecular flexibility index (Phi) is 2.76. The summed E-state index contributed by atoms with van der Waals surface area (Å²) in [5.41, 5.74) is 0. The van der Waals surface area contributed by atoms with Gasteiger partial charge in [-0.1, -0.05) is 5.16 Å². The van der Waals surface area contributed by atoms with E-state index in [2.05, 4.69) is 21.9 Å². The molecule has 0 aliphatic carbocycles. The number of nitrogens with two attached hydrogens (primary N) is 1. The Labute approximate surface area is 86.3 Å². The molecule has 1 saturated heterocycles. The van der Waals surface area contributed by atoms with Crippen molar-refractivity contribution in [1.82, 2.24) is 10.1 Å². The summed E-state index contributed by atoms with van der Waals surface area (Å²) in [6, 6.07) is 0. The summed E-state index contributed by atoms with van der Waals surface area (Å²) in [5, 5.41) is 3.95. The zero-order chi connectivity index (χ0) is 10.0. The van der Waals surface area contributed by atoms with E-state index in [1.807, 2.05) is 11.8 Å². The largest absolute Gasteiger partial charge is 0.337 e. The van der Waals surface area contributed by atoms with E-state index in [1.54, 1.807) is 0 Å². The van der Waals surface area contributed by atoms with E-state index < -0.39 is 0 Å². The monoisotopic (exact) mass is 215 g/mol. The molecule has 0 aromatic carbocycles. The molecule has 0 bridgehead atoms. The van der Waals surface area contributed by atoms with E-state index in [4.69, 9.17) is 10.4 Å². The van der Waals surface area contributed by atoms with Crippen molar-refractivity contribution in [1.29, 1.82) is 0 Å². The highest BCUT2D eigenvalue weighted by atomic mass is 32.2. The molecule has 0 saturated carbocycles. The van der Waals surface area contributed by atoms with Crippen molar-refractivity contribution < 1.29 is 9.36 Å². The van der Waals surface area contributed by atoms with Crippen molar-refractivity contribution in [2.45, 2.75) is 31.1 Å². The van der Waals surface area contributed by atoms with Gasteiger partial charge in [-0.3, -0.25) is 4.84 Å². The van der Waals surface area contributed by atoms with Crippen molar-refractivity contribution >= 4 is 11.8 Å². The molecule has 78 valence electrons. The molecule has 14 heavy (non-hydrogen) atoms. The Morgan fingerprint density at radius 1 is 1.71 bits per heavy atom. The van der Waals surface area contributed by atoms with Gasteiger partial charge in [-0.15, -0.1) is 11.8 Å². The van der Waals surface area contributed by atoms with Crippen LogP contribution in [-0.4, -0.2) is 15.9 Å². The van der Waals surface area contributed by atoms with Crippen LogP contribution in [0.4, 0.5) is 0 Å². The molecule has 0 spiro atoms. The molecule has 1 unspecified atom stereocenters. The van der Waals surface area contributed by atoms with E-state index in [1.165, 1.54) is 6.42 Å². The number of hydrogen-bond donors (Lipinski definition) is 1. The number of nitrogens with zero attached hydrogens (tertiary/aromatic N) is 2. The molecular formula is C8H13N3O2S. The van der Waals surface area contributed by atoms with Crippen LogP contribution in [0.25, 0.3) is 0 Å². The Bertz CT molecular complexity index is 309. The van der Waals surface area contributed by atoms with Crippen LogP contribution in [0, 0.1) is 0 Å². The Morgan fingerprint density at radius 3 is 3.21 bits per heavy atom. The Balaban J connectivity index is 2.15. The van der Waals surface area contributed by atoms with Gasteiger partial charge in [-0.2, -0.15) is 4.98 Å². The van der Waals surface area contributed by atoms with Crippen LogP contribution in [-0.2, 0) is 16.2 Å². The molecule has 1 atom stereocenters. The van der Waals surface area contributed by atoms with Crippen LogP contribution in [0.3, 0.4) is 0 Å². The summed E-state index contributed by atoms with van der Waals surface area (Å²) < 4.78 is 5.01. The van der Waals surface area contributed by atoms with Gasteiger partial charge < -0.3 is 4.52 Å². The molecule has 5 nitrogen and oxygen atoms in total. The maximum Gasteiger partial charge on any atom is 0.254 e. The van der Waals surface area contributed by atoms with Gasteiger partial charge in [0.05, 0.1) is 4.75 Å². The van der Waals surface area contributed by atoms with Crippen molar-refractivity contribution in [2.24, 2.45) is 5.90 Å². The third kappa shape index (κ3) is 1.77. The van der Waals surface area contributed by atoms with Crippen molar-refractivity contribution in [2.75, 3.05) is 5.75 Å². The Morgan fingerprint density at radius 2 is 2.57 bits per heavy atom. The highest BCUT2D eigenvalue weighted by Crippen LogP contribution is 2.44. The second-order valence-electron chi connectivity index (χ2n) is 3.51. The maximum absolute atomic E-state index is 5.00. The van der Waals surface area contributed by atoms with Crippen LogP contribution in [0.1, 0.15) is 31.5 Å². The van der Waals surface area contributed by atoms with Crippen LogP contribution >= 0.6 is 11.8 Å². The van der Waals surface area contributed by atoms with Crippen LogP contribution in [0.5, 0.6) is 0 Å². The summed E-state index contributed by atoms with van der Waals surface area (Å²) >= 11 is 1.87. The summed E-state index contributed by atoms with van der Waals surface area (Å²) in [6.45, 7) is 2.32. The minimum atomic E-state index is 0.0103. The predicted octanol–water partition coefficient (Wildman–Crippen LogP) is 1.20. The fraction of sp³-hybridized carbons (Fsp3) is 0.750. The van der Waals surface area contributed by atoms with E-state index in [-0.39, 0.29) is 11.4 Å². The van der Waals surface area contributed by atoms with E-state index in [0.29, 0.717) is 5.89 Å². The first-order valence-electron chi connectivity index (χ1n) is 4.53. The fourth-order valence-corrected chi connectivity index (χ4v) is 2.79. The average molecular weight is 215 g/mol. The van der Waals surface area contributed by atoms with Crippen molar-refractivity contribution in [3.05, 3.63) is 11.7 Å². The molecule has 1 aromatic heterocycles. The van der Waals surface area contributed by atoms with Crippen LogP contribution < -0.4 is 5.90 Å². The first kappa shape index (κ1) is 9.95. The molecule has 1 aromatic rings. The second-order valence-corrected chi connectivity index (χ2v) is 5.10. The molecular weight excluding hydrogens is 202 g/mol. The zero-order valence-corrected chi connectivity index (χ0v) is 8.84. The zero-order valence-electron chi connectivity index (χ0n) is 8.02. The van der Waals surface area contributed by atoms with Gasteiger partial charge in [-0.05, 0) is 25.5 Å². The lowest BCUT2D eigenvalue weighted by atomic mass is 10.1. The normalized spacial score (nSPS) is 27.0. The smallest absolute Gasteiger partial charge is 0.254 e. The van der Waals surface area contributed by atoms with Crippen LogP contribution in [0.2, 0.25) is 0 Å². The summed E-state index contributed by atoms with van der Waals surface area (Å²) in [6.07, 6.45) is 2.30. The molecule has 6 heteroatoms. The third-order valence-corrected chi connectivity index (χ3v) is 3.88. The average Bonchev–Trinajstić information content (AvgIpc) is 2.75. The summed E-state index contributed by atoms with van der Waals surface area (Å²) in [7, 11) is 0. The highest BCUT2D eigenvalue weighted by Gasteiger charge is 2.36. The van der Waals surface area contributed by atoms with Crippen molar-refractivity contribution in [3.63, 3.8) is 0 Å². The van der Waals surface area contributed by atoms with E-state index in [0.717, 1.165) is 18.0 Å². The van der Waals surface area contributed by atoms with Gasteiger partial charge in [0.2, 0.25) is 0 Å². The third-order valence-electron chi connectivity index (χ3n) is 2.37. The molecule has 1 aliphatic heterocycles. The number of rotatable bonds is 3. The first-order chi connectivity index (χ1) is 6.74. The van der Waals surface area contributed by atoms with E-state index in [9.17, 15) is 0 Å². The van der Waals surface area contributed by atoms with Gasteiger partial charge in [0.1, 0.15) is 6.61 Å². The quantitative estimate of drug-likeness (QED) is 0.764. The lowest BCUT2D eigenvalue weighted by molar-refractivity contribution is 0.0995. The maximum atomic E-state index is 5.00. The van der Waals surface area contributed by atoms with Gasteiger partial charge in [0.15, 0.2) is 5.82 Å². The van der Waals surface area contributed by atoms with Gasteiger partial charge in [0.25, 0.3) is 5.89 Å². The topological polar surface area (TPSA) is 74.2 Å². The molecule has 2 N–H and O–H groups in total. The highest BCUT2D eigenvalue weighted by molar-refractivity contribution is 8.00. The lowest BCUT2D eigenvalue weighted by Gasteiger charge is -2.16. The van der Waals surface area contributed by atoms with Crippen LogP contribution in [0.15, 0.2) is 4.52 Å². The van der Waals surface area contributed by atoms with Gasteiger partial charge >= 0.3 is 0 Å².